The van der Waals surface area contributed by atoms with E-state index in [0.717, 1.165) is 24.3 Å². The number of alkyl halides is 2. The van der Waals surface area contributed by atoms with Crippen molar-refractivity contribution in [2.24, 2.45) is 0 Å². The van der Waals surface area contributed by atoms with Crippen molar-refractivity contribution in [2.75, 3.05) is 4.72 Å². The lowest BCUT2D eigenvalue weighted by molar-refractivity contribution is -0.384. The van der Waals surface area contributed by atoms with Crippen molar-refractivity contribution in [1.29, 1.82) is 0 Å². The first-order chi connectivity index (χ1) is 10.8. The summed E-state index contributed by atoms with van der Waals surface area (Å²) in [5, 5.41) is 10.5. The zero-order valence-corrected chi connectivity index (χ0v) is 12.2. The largest absolute Gasteiger partial charge is 0.435 e. The molecule has 1 N–H and O–H groups in total. The summed E-state index contributed by atoms with van der Waals surface area (Å²) in [4.78, 5) is 9.72. The van der Waals surface area contributed by atoms with E-state index in [1.54, 1.807) is 0 Å². The number of anilines is 1. The highest BCUT2D eigenvalue weighted by Crippen LogP contribution is 2.22. The number of hydrogen-bond donors (Lipinski definition) is 1. The van der Waals surface area contributed by atoms with Gasteiger partial charge in [-0.3, -0.25) is 14.8 Å². The van der Waals surface area contributed by atoms with E-state index < -0.39 is 21.6 Å². The van der Waals surface area contributed by atoms with Gasteiger partial charge in [-0.25, -0.2) is 8.42 Å². The SMILES string of the molecule is O=[N+]([O-])c1ccc(S(=O)(=O)Nc2ccc(OC(F)F)cc2)cc1. The zero-order chi connectivity index (χ0) is 17.0. The first-order valence-electron chi connectivity index (χ1n) is 6.10. The molecule has 2 aromatic carbocycles. The molecule has 7 nitrogen and oxygen atoms in total. The minimum absolute atomic E-state index is 0.113. The molecule has 0 heterocycles. The second-order valence-electron chi connectivity index (χ2n) is 4.26. The van der Waals surface area contributed by atoms with Gasteiger partial charge in [0.1, 0.15) is 5.75 Å². The van der Waals surface area contributed by atoms with E-state index in [-0.39, 0.29) is 22.0 Å². The standard InChI is InChI=1S/C13H10F2N2O5S/c14-13(15)22-11-5-1-9(2-6-11)16-23(20,21)12-7-3-10(4-8-12)17(18)19/h1-8,13,16H. The summed E-state index contributed by atoms with van der Waals surface area (Å²) >= 11 is 0. The number of sulfonamides is 1. The van der Waals surface area contributed by atoms with E-state index >= 15 is 0 Å². The Morgan fingerprint density at radius 3 is 2.09 bits per heavy atom. The van der Waals surface area contributed by atoms with Crippen LogP contribution in [0.2, 0.25) is 0 Å². The summed E-state index contributed by atoms with van der Waals surface area (Å²) in [7, 11) is -3.95. The van der Waals surface area contributed by atoms with Crippen molar-refractivity contribution in [3.05, 3.63) is 58.6 Å². The van der Waals surface area contributed by atoms with Crippen molar-refractivity contribution < 1.29 is 26.9 Å². The molecule has 2 aromatic rings. The van der Waals surface area contributed by atoms with Crippen LogP contribution in [0, 0.1) is 10.1 Å². The second kappa shape index (κ2) is 6.57. The molecule has 0 spiro atoms. The number of non-ortho nitro benzene ring substituents is 1. The fourth-order valence-corrected chi connectivity index (χ4v) is 2.72. The van der Waals surface area contributed by atoms with E-state index in [1.165, 1.54) is 24.3 Å². The highest BCUT2D eigenvalue weighted by atomic mass is 32.2. The lowest BCUT2D eigenvalue weighted by atomic mass is 10.3. The molecule has 0 aliphatic heterocycles. The van der Waals surface area contributed by atoms with Gasteiger partial charge in [0.25, 0.3) is 15.7 Å². The average molecular weight is 344 g/mol. The van der Waals surface area contributed by atoms with Crippen LogP contribution in [0.3, 0.4) is 0 Å². The van der Waals surface area contributed by atoms with Crippen LogP contribution in [0.1, 0.15) is 0 Å². The zero-order valence-electron chi connectivity index (χ0n) is 11.3. The number of ether oxygens (including phenoxy) is 1. The molecule has 0 aromatic heterocycles. The summed E-state index contributed by atoms with van der Waals surface area (Å²) < 4.78 is 54.6. The van der Waals surface area contributed by atoms with Crippen LogP contribution < -0.4 is 9.46 Å². The lowest BCUT2D eigenvalue weighted by Crippen LogP contribution is -2.13. The van der Waals surface area contributed by atoms with Gasteiger partial charge in [0.05, 0.1) is 9.82 Å². The van der Waals surface area contributed by atoms with Gasteiger partial charge in [-0.1, -0.05) is 0 Å². The summed E-state index contributed by atoms with van der Waals surface area (Å²) in [6.45, 7) is -2.97. The third-order valence-corrected chi connectivity index (χ3v) is 4.09. The van der Waals surface area contributed by atoms with Crippen molar-refractivity contribution >= 4 is 21.4 Å². The van der Waals surface area contributed by atoms with Gasteiger partial charge >= 0.3 is 6.61 Å². The lowest BCUT2D eigenvalue weighted by Gasteiger charge is -2.09. The predicted octanol–water partition coefficient (Wildman–Crippen LogP) is 3.00. The number of halogens is 2. The molecule has 122 valence electrons. The van der Waals surface area contributed by atoms with E-state index in [4.69, 9.17) is 0 Å². The quantitative estimate of drug-likeness (QED) is 0.641. The van der Waals surface area contributed by atoms with Crippen molar-refractivity contribution in [2.45, 2.75) is 11.5 Å². The number of benzene rings is 2. The number of nitrogens with zero attached hydrogens (tertiary/aromatic N) is 1. The van der Waals surface area contributed by atoms with E-state index in [0.29, 0.717) is 0 Å². The average Bonchev–Trinajstić information content (AvgIpc) is 2.48. The fraction of sp³-hybridized carbons (Fsp3) is 0.0769. The maximum atomic E-state index is 12.1. The highest BCUT2D eigenvalue weighted by Gasteiger charge is 2.16. The molecule has 0 unspecified atom stereocenters. The molecular formula is C13H10F2N2O5S. The molecular weight excluding hydrogens is 334 g/mol. The minimum atomic E-state index is -3.95. The van der Waals surface area contributed by atoms with Crippen LogP contribution in [-0.2, 0) is 10.0 Å². The third kappa shape index (κ3) is 4.36. The maximum Gasteiger partial charge on any atom is 0.387 e. The summed E-state index contributed by atoms with van der Waals surface area (Å²) in [5.41, 5.74) is -0.109. The Kier molecular flexibility index (Phi) is 4.74. The molecule has 0 bridgehead atoms. The van der Waals surface area contributed by atoms with E-state index in [1.807, 2.05) is 0 Å². The molecule has 0 atom stereocenters. The number of nitro groups is 1. The van der Waals surface area contributed by atoms with Crippen LogP contribution in [0.25, 0.3) is 0 Å². The molecule has 0 saturated carbocycles. The molecule has 0 amide bonds. The molecule has 0 fully saturated rings. The predicted molar refractivity (Wildman–Crippen MR) is 77.0 cm³/mol. The Morgan fingerprint density at radius 1 is 1.04 bits per heavy atom. The molecule has 2 rings (SSSR count). The van der Waals surface area contributed by atoms with Crippen molar-refractivity contribution in [3.63, 3.8) is 0 Å². The monoisotopic (exact) mass is 344 g/mol. The van der Waals surface area contributed by atoms with E-state index in [2.05, 4.69) is 9.46 Å². The fourth-order valence-electron chi connectivity index (χ4n) is 1.67. The molecule has 10 heteroatoms. The van der Waals surface area contributed by atoms with Gasteiger partial charge in [0.2, 0.25) is 0 Å². The van der Waals surface area contributed by atoms with Crippen molar-refractivity contribution in [3.8, 4) is 5.75 Å². The Labute approximate surface area is 129 Å². The Hall–Kier alpha value is -2.75. The third-order valence-electron chi connectivity index (χ3n) is 2.69. The summed E-state index contributed by atoms with van der Waals surface area (Å²) in [5.74, 6) is -0.113. The van der Waals surface area contributed by atoms with Crippen LogP contribution in [0.4, 0.5) is 20.2 Å². The van der Waals surface area contributed by atoms with Crippen molar-refractivity contribution in [1.82, 2.24) is 0 Å². The number of rotatable bonds is 6. The van der Waals surface area contributed by atoms with Gasteiger partial charge in [-0.2, -0.15) is 8.78 Å². The maximum absolute atomic E-state index is 12.1. The number of hydrogen-bond acceptors (Lipinski definition) is 5. The van der Waals surface area contributed by atoms with Crippen LogP contribution in [0.15, 0.2) is 53.4 Å². The second-order valence-corrected chi connectivity index (χ2v) is 5.94. The minimum Gasteiger partial charge on any atom is -0.435 e. The summed E-state index contributed by atoms with van der Waals surface area (Å²) in [6, 6.07) is 9.17. The van der Waals surface area contributed by atoms with Gasteiger partial charge < -0.3 is 4.74 Å². The van der Waals surface area contributed by atoms with Gasteiger partial charge in [0.15, 0.2) is 0 Å². The smallest absolute Gasteiger partial charge is 0.387 e. The Morgan fingerprint density at radius 2 is 1.61 bits per heavy atom. The molecule has 23 heavy (non-hydrogen) atoms. The number of nitrogens with one attached hydrogen (secondary N) is 1. The Balaban J connectivity index is 2.15. The van der Waals surface area contributed by atoms with Gasteiger partial charge in [-0.05, 0) is 36.4 Å². The Bertz CT molecular complexity index is 792. The molecule has 0 saturated heterocycles. The van der Waals surface area contributed by atoms with Crippen LogP contribution in [-0.4, -0.2) is 20.0 Å². The first kappa shape index (κ1) is 16.6. The number of nitro benzene ring substituents is 1. The van der Waals surface area contributed by atoms with Crippen LogP contribution in [0.5, 0.6) is 5.75 Å². The van der Waals surface area contributed by atoms with E-state index in [9.17, 15) is 27.3 Å². The first-order valence-corrected chi connectivity index (χ1v) is 7.58. The van der Waals surface area contributed by atoms with Crippen LogP contribution >= 0.6 is 0 Å². The molecule has 0 radical (unpaired) electrons. The topological polar surface area (TPSA) is 98.5 Å². The summed E-state index contributed by atoms with van der Waals surface area (Å²) in [6.07, 6.45) is 0. The van der Waals surface area contributed by atoms with Gasteiger partial charge in [0, 0.05) is 17.8 Å². The highest BCUT2D eigenvalue weighted by molar-refractivity contribution is 7.92. The van der Waals surface area contributed by atoms with Gasteiger partial charge in [-0.15, -0.1) is 0 Å². The normalized spacial score (nSPS) is 11.3. The molecule has 0 aliphatic carbocycles. The molecule has 0 aliphatic rings.